The van der Waals surface area contributed by atoms with E-state index < -0.39 is 35.5 Å². The van der Waals surface area contributed by atoms with Crippen LogP contribution in [-0.4, -0.2) is 73.2 Å². The van der Waals surface area contributed by atoms with Crippen LogP contribution < -0.4 is 21.3 Å². The summed E-state index contributed by atoms with van der Waals surface area (Å²) in [5.74, 6) is -3.80. The lowest BCUT2D eigenvalue weighted by molar-refractivity contribution is -0.197. The monoisotopic (exact) mass is 427 g/mol. The molecule has 6 amide bonds. The zero-order valence-electron chi connectivity index (χ0n) is 16.6. The van der Waals surface area contributed by atoms with Crippen molar-refractivity contribution in [3.8, 4) is 0 Å². The Hall–Kier alpha value is -3.51. The van der Waals surface area contributed by atoms with E-state index in [1.165, 1.54) is 7.05 Å². The van der Waals surface area contributed by atoms with Crippen LogP contribution in [0.25, 0.3) is 0 Å². The van der Waals surface area contributed by atoms with E-state index in [0.717, 1.165) is 0 Å². The summed E-state index contributed by atoms with van der Waals surface area (Å²) in [6.45, 7) is -0.876. The number of hydrogen-bond acceptors (Lipinski definition) is 8. The van der Waals surface area contributed by atoms with Crippen LogP contribution in [0.2, 0.25) is 0 Å². The highest BCUT2D eigenvalue weighted by atomic mass is 16.7. The van der Waals surface area contributed by atoms with Crippen LogP contribution in [0, 0.1) is 0 Å². The lowest BCUT2D eigenvalue weighted by Gasteiger charge is -2.12. The summed E-state index contributed by atoms with van der Waals surface area (Å²) in [4.78, 5) is 84.6. The minimum atomic E-state index is -0.743. The van der Waals surface area contributed by atoms with Gasteiger partial charge in [0.1, 0.15) is 0 Å². The van der Waals surface area contributed by atoms with Crippen molar-refractivity contribution < 1.29 is 38.4 Å². The molecular weight excluding hydrogens is 402 g/mol. The van der Waals surface area contributed by atoms with Crippen LogP contribution >= 0.6 is 0 Å². The van der Waals surface area contributed by atoms with Crippen molar-refractivity contribution >= 4 is 41.4 Å². The molecule has 1 saturated heterocycles. The Kier molecular flexibility index (Phi) is 10.5. The largest absolute Gasteiger partial charge is 0.358 e. The Balaban J connectivity index is 2.08. The highest BCUT2D eigenvalue weighted by Crippen LogP contribution is 2.13. The van der Waals surface area contributed by atoms with Gasteiger partial charge in [0.05, 0.1) is 19.6 Å². The summed E-state index contributed by atoms with van der Waals surface area (Å²) < 4.78 is 0. The predicted octanol–water partition coefficient (Wildman–Crippen LogP) is -2.75. The van der Waals surface area contributed by atoms with Crippen molar-refractivity contribution in [2.45, 2.75) is 38.5 Å². The Labute approximate surface area is 172 Å². The number of carbonyl (C=O) groups excluding carboxylic acids is 7. The molecule has 0 atom stereocenters. The fourth-order valence-electron chi connectivity index (χ4n) is 2.20. The molecule has 1 aliphatic heterocycles. The number of hydrogen-bond donors (Lipinski definition) is 4. The van der Waals surface area contributed by atoms with Crippen LogP contribution in [0.3, 0.4) is 0 Å². The third-order valence-electron chi connectivity index (χ3n) is 3.85. The molecule has 4 N–H and O–H groups in total. The summed E-state index contributed by atoms with van der Waals surface area (Å²) in [6, 6.07) is 0. The van der Waals surface area contributed by atoms with Crippen molar-refractivity contribution in [3.63, 3.8) is 0 Å². The van der Waals surface area contributed by atoms with Gasteiger partial charge < -0.3 is 26.1 Å². The van der Waals surface area contributed by atoms with E-state index in [4.69, 9.17) is 4.84 Å². The highest BCUT2D eigenvalue weighted by Gasteiger charge is 2.32. The molecule has 1 heterocycles. The number of carbonyl (C=O) groups is 7. The van der Waals surface area contributed by atoms with E-state index in [-0.39, 0.29) is 51.2 Å². The maximum absolute atomic E-state index is 11.7. The van der Waals surface area contributed by atoms with Crippen molar-refractivity contribution in [1.82, 2.24) is 26.3 Å². The first-order valence-electron chi connectivity index (χ1n) is 9.30. The fourth-order valence-corrected chi connectivity index (χ4v) is 2.20. The predicted molar refractivity (Wildman–Crippen MR) is 98.7 cm³/mol. The number of hydroxylamine groups is 2. The molecule has 1 fully saturated rings. The molecule has 30 heavy (non-hydrogen) atoms. The first-order valence-corrected chi connectivity index (χ1v) is 9.30. The summed E-state index contributed by atoms with van der Waals surface area (Å²) in [7, 11) is 1.42. The molecule has 1 rings (SSSR count). The zero-order chi connectivity index (χ0) is 22.5. The summed E-state index contributed by atoms with van der Waals surface area (Å²) in [5.41, 5.74) is 0. The molecule has 0 radical (unpaired) electrons. The molecule has 1 aliphatic rings. The van der Waals surface area contributed by atoms with Crippen molar-refractivity contribution in [3.05, 3.63) is 0 Å². The van der Waals surface area contributed by atoms with Gasteiger partial charge in [-0.2, -0.15) is 0 Å². The van der Waals surface area contributed by atoms with Gasteiger partial charge in [0.25, 0.3) is 11.8 Å². The second-order valence-corrected chi connectivity index (χ2v) is 6.26. The van der Waals surface area contributed by atoms with E-state index in [0.29, 0.717) is 17.9 Å². The van der Waals surface area contributed by atoms with Gasteiger partial charge in [0.2, 0.25) is 23.6 Å². The Bertz CT molecular complexity index is 692. The average molecular weight is 427 g/mol. The van der Waals surface area contributed by atoms with Crippen LogP contribution in [0.4, 0.5) is 0 Å². The van der Waals surface area contributed by atoms with Gasteiger partial charge in [-0.05, 0) is 12.8 Å². The minimum absolute atomic E-state index is 0.0144. The first kappa shape index (κ1) is 24.5. The second kappa shape index (κ2) is 12.9. The molecule has 0 unspecified atom stereocenters. The third-order valence-corrected chi connectivity index (χ3v) is 3.85. The van der Waals surface area contributed by atoms with Gasteiger partial charge in [0, 0.05) is 32.7 Å². The van der Waals surface area contributed by atoms with E-state index in [1.54, 1.807) is 0 Å². The number of amides is 6. The quantitative estimate of drug-likeness (QED) is 0.191. The lowest BCUT2D eigenvalue weighted by Crippen LogP contribution is -2.44. The first-order chi connectivity index (χ1) is 14.2. The molecule has 0 aliphatic carbocycles. The molecule has 0 spiro atoms. The van der Waals surface area contributed by atoms with Gasteiger partial charge in [-0.3, -0.25) is 28.8 Å². The van der Waals surface area contributed by atoms with E-state index in [1.807, 2.05) is 0 Å². The summed E-state index contributed by atoms with van der Waals surface area (Å²) in [6.07, 6.45) is 0.623. The smallest absolute Gasteiger partial charge is 0.333 e. The normalized spacial score (nSPS) is 12.9. The third kappa shape index (κ3) is 9.61. The molecule has 166 valence electrons. The SMILES string of the molecule is CNC(=O)CNC(=O)CNC(=O)CNC(=O)CCCCC(=O)ON1C(=O)CCC1=O. The molecule has 0 bridgehead atoms. The number of rotatable bonds is 12. The van der Waals surface area contributed by atoms with Gasteiger partial charge in [-0.25, -0.2) is 4.79 Å². The second-order valence-electron chi connectivity index (χ2n) is 6.26. The molecule has 0 aromatic carbocycles. The Morgan fingerprint density at radius 2 is 1.23 bits per heavy atom. The highest BCUT2D eigenvalue weighted by molar-refractivity contribution is 6.01. The topological polar surface area (TPSA) is 180 Å². The van der Waals surface area contributed by atoms with Crippen LogP contribution in [0.1, 0.15) is 38.5 Å². The number of nitrogens with one attached hydrogen (secondary N) is 4. The van der Waals surface area contributed by atoms with Gasteiger partial charge >= 0.3 is 5.97 Å². The molecule has 0 saturated carbocycles. The van der Waals surface area contributed by atoms with Crippen LogP contribution in [0.5, 0.6) is 0 Å². The zero-order valence-corrected chi connectivity index (χ0v) is 16.6. The van der Waals surface area contributed by atoms with Gasteiger partial charge in [-0.15, -0.1) is 5.06 Å². The number of nitrogens with zero attached hydrogens (tertiary/aromatic N) is 1. The maximum Gasteiger partial charge on any atom is 0.333 e. The Morgan fingerprint density at radius 3 is 1.77 bits per heavy atom. The maximum atomic E-state index is 11.7. The standard InChI is InChI=1S/C17H25N5O8/c1-18-12(24)8-20-14(26)10-21-13(25)9-19-11(23)4-2-3-5-17(29)30-22-15(27)6-7-16(22)28/h2-10H2,1H3,(H,18,24)(H,19,23)(H,20,26)(H,21,25). The molecule has 0 aromatic heterocycles. The summed E-state index contributed by atoms with van der Waals surface area (Å²) in [5, 5.41) is 9.73. The van der Waals surface area contributed by atoms with Crippen molar-refractivity contribution in [1.29, 1.82) is 0 Å². The molecule has 13 heteroatoms. The minimum Gasteiger partial charge on any atom is -0.358 e. The molecular formula is C17H25N5O8. The number of imide groups is 1. The van der Waals surface area contributed by atoms with Crippen LogP contribution in [-0.2, 0) is 38.4 Å². The average Bonchev–Trinajstić information content (AvgIpc) is 3.03. The van der Waals surface area contributed by atoms with E-state index in [9.17, 15) is 33.6 Å². The van der Waals surface area contributed by atoms with Crippen LogP contribution in [0.15, 0.2) is 0 Å². The number of likely N-dealkylation sites (N-methyl/N-ethyl adjacent to an activating group) is 1. The Morgan fingerprint density at radius 1 is 0.767 bits per heavy atom. The number of unbranched alkanes of at least 4 members (excludes halogenated alkanes) is 1. The molecule has 13 nitrogen and oxygen atoms in total. The van der Waals surface area contributed by atoms with Gasteiger partial charge in [0.15, 0.2) is 0 Å². The van der Waals surface area contributed by atoms with E-state index in [2.05, 4.69) is 21.3 Å². The summed E-state index contributed by atoms with van der Waals surface area (Å²) >= 11 is 0. The lowest BCUT2D eigenvalue weighted by atomic mass is 10.2. The fraction of sp³-hybridized carbons (Fsp3) is 0.588. The van der Waals surface area contributed by atoms with Gasteiger partial charge in [-0.1, -0.05) is 0 Å². The van der Waals surface area contributed by atoms with E-state index >= 15 is 0 Å². The van der Waals surface area contributed by atoms with Crippen molar-refractivity contribution in [2.24, 2.45) is 0 Å². The van der Waals surface area contributed by atoms with Crippen molar-refractivity contribution in [2.75, 3.05) is 26.7 Å². The molecule has 0 aromatic rings.